The molecule has 4 rings (SSSR count). The number of aromatic hydroxyl groups is 1. The topological polar surface area (TPSA) is 20.2 Å². The molecule has 2 aromatic carbocycles. The van der Waals surface area contributed by atoms with Crippen molar-refractivity contribution in [3.05, 3.63) is 41.8 Å². The Balaban J connectivity index is 2.43. The van der Waals surface area contributed by atoms with Crippen molar-refractivity contribution < 1.29 is 5.11 Å². The monoisotopic (exact) mass is 256 g/mol. The summed E-state index contributed by atoms with van der Waals surface area (Å²) in [6, 6.07) is 12.2. The minimum atomic E-state index is 0.395. The van der Waals surface area contributed by atoms with Crippen LogP contribution in [0.5, 0.6) is 5.75 Å². The molecule has 0 unspecified atom stereocenters. The zero-order chi connectivity index (χ0) is 11.4. The third kappa shape index (κ3) is 1.18. The lowest BCUT2D eigenvalue weighted by Gasteiger charge is -2.01. The second-order valence-electron chi connectivity index (χ2n) is 4.04. The predicted molar refractivity (Wildman–Crippen MR) is 76.4 cm³/mol. The van der Waals surface area contributed by atoms with Crippen LogP contribution in [0.1, 0.15) is 0 Å². The molecule has 0 spiro atoms. The van der Waals surface area contributed by atoms with Crippen LogP contribution in [0.3, 0.4) is 0 Å². The van der Waals surface area contributed by atoms with E-state index in [4.69, 9.17) is 0 Å². The fourth-order valence-electron chi connectivity index (χ4n) is 2.31. The molecule has 0 aliphatic heterocycles. The van der Waals surface area contributed by atoms with Crippen LogP contribution in [0.15, 0.2) is 41.8 Å². The molecule has 0 bridgehead atoms. The Hall–Kier alpha value is -1.58. The van der Waals surface area contributed by atoms with Crippen LogP contribution in [0.4, 0.5) is 0 Å². The van der Waals surface area contributed by atoms with Gasteiger partial charge < -0.3 is 5.11 Å². The highest BCUT2D eigenvalue weighted by Crippen LogP contribution is 2.45. The molecular formula is C14H8OS2. The van der Waals surface area contributed by atoms with Crippen molar-refractivity contribution in [3.8, 4) is 5.75 Å². The van der Waals surface area contributed by atoms with Gasteiger partial charge in [-0.05, 0) is 28.3 Å². The summed E-state index contributed by atoms with van der Waals surface area (Å²) in [5, 5.41) is 15.8. The zero-order valence-electron chi connectivity index (χ0n) is 8.81. The van der Waals surface area contributed by atoms with Crippen molar-refractivity contribution in [1.29, 1.82) is 0 Å². The third-order valence-electron chi connectivity index (χ3n) is 3.05. The minimum Gasteiger partial charge on any atom is -0.506 e. The third-order valence-corrected chi connectivity index (χ3v) is 5.29. The zero-order valence-corrected chi connectivity index (χ0v) is 10.4. The maximum Gasteiger partial charge on any atom is 0.134 e. The first-order valence-corrected chi connectivity index (χ1v) is 7.04. The SMILES string of the molecule is Oc1cc2ccccc2c2c1sc1ccsc12. The molecular weight excluding hydrogens is 248 g/mol. The van der Waals surface area contributed by atoms with Crippen LogP contribution < -0.4 is 0 Å². The van der Waals surface area contributed by atoms with Gasteiger partial charge >= 0.3 is 0 Å². The molecule has 2 heterocycles. The summed E-state index contributed by atoms with van der Waals surface area (Å²) in [4.78, 5) is 0. The van der Waals surface area contributed by atoms with Crippen molar-refractivity contribution >= 4 is 52.9 Å². The number of benzene rings is 2. The highest BCUT2D eigenvalue weighted by molar-refractivity contribution is 7.32. The lowest BCUT2D eigenvalue weighted by molar-refractivity contribution is 0.483. The van der Waals surface area contributed by atoms with Gasteiger partial charge in [0.15, 0.2) is 0 Å². The largest absolute Gasteiger partial charge is 0.506 e. The number of rotatable bonds is 0. The van der Waals surface area contributed by atoms with E-state index in [0.717, 1.165) is 10.1 Å². The molecule has 1 nitrogen and oxygen atoms in total. The molecule has 1 N–H and O–H groups in total. The molecule has 0 aliphatic rings. The summed E-state index contributed by atoms with van der Waals surface area (Å²) in [6.45, 7) is 0. The Morgan fingerprint density at radius 1 is 1.00 bits per heavy atom. The highest BCUT2D eigenvalue weighted by atomic mass is 32.1. The van der Waals surface area contributed by atoms with E-state index >= 15 is 0 Å². The summed E-state index contributed by atoms with van der Waals surface area (Å²) in [6.07, 6.45) is 0. The molecule has 0 atom stereocenters. The van der Waals surface area contributed by atoms with E-state index in [1.54, 1.807) is 22.7 Å². The van der Waals surface area contributed by atoms with Crippen LogP contribution in [-0.2, 0) is 0 Å². The van der Waals surface area contributed by atoms with E-state index in [0.29, 0.717) is 5.75 Å². The molecule has 4 aromatic rings. The standard InChI is InChI=1S/C14H8OS2/c15-10-7-8-3-1-2-4-9(8)12-13(10)17-11-5-6-16-14(11)12/h1-7,15H. The first-order chi connectivity index (χ1) is 8.34. The number of phenolic OH excluding ortho intramolecular Hbond substituents is 1. The molecule has 0 fully saturated rings. The van der Waals surface area contributed by atoms with Gasteiger partial charge in [-0.15, -0.1) is 22.7 Å². The molecule has 3 heteroatoms. The van der Waals surface area contributed by atoms with Crippen LogP contribution in [0.2, 0.25) is 0 Å². The smallest absolute Gasteiger partial charge is 0.134 e. The van der Waals surface area contributed by atoms with Gasteiger partial charge in [-0.3, -0.25) is 0 Å². The first kappa shape index (κ1) is 9.45. The van der Waals surface area contributed by atoms with E-state index in [-0.39, 0.29) is 0 Å². The van der Waals surface area contributed by atoms with E-state index in [9.17, 15) is 5.11 Å². The van der Waals surface area contributed by atoms with Crippen LogP contribution in [0.25, 0.3) is 30.3 Å². The van der Waals surface area contributed by atoms with E-state index in [1.165, 1.54) is 20.2 Å². The summed E-state index contributed by atoms with van der Waals surface area (Å²) in [7, 11) is 0. The Bertz CT molecular complexity index is 854. The van der Waals surface area contributed by atoms with E-state index in [1.807, 2.05) is 18.2 Å². The van der Waals surface area contributed by atoms with Gasteiger partial charge in [0, 0.05) is 10.1 Å². The molecule has 0 amide bonds. The average molecular weight is 256 g/mol. The van der Waals surface area contributed by atoms with Gasteiger partial charge in [0.25, 0.3) is 0 Å². The van der Waals surface area contributed by atoms with Crippen molar-refractivity contribution in [2.45, 2.75) is 0 Å². The maximum atomic E-state index is 10.1. The Morgan fingerprint density at radius 2 is 1.88 bits per heavy atom. The Morgan fingerprint density at radius 3 is 2.82 bits per heavy atom. The van der Waals surface area contributed by atoms with Gasteiger partial charge in [-0.1, -0.05) is 24.3 Å². The highest BCUT2D eigenvalue weighted by Gasteiger charge is 2.13. The van der Waals surface area contributed by atoms with Crippen LogP contribution in [-0.4, -0.2) is 5.11 Å². The molecule has 0 aliphatic carbocycles. The van der Waals surface area contributed by atoms with E-state index in [2.05, 4.69) is 23.6 Å². The fraction of sp³-hybridized carbons (Fsp3) is 0. The molecule has 0 saturated carbocycles. The van der Waals surface area contributed by atoms with Gasteiger partial charge in [0.1, 0.15) is 5.75 Å². The van der Waals surface area contributed by atoms with Crippen molar-refractivity contribution in [2.75, 3.05) is 0 Å². The first-order valence-electron chi connectivity index (χ1n) is 5.35. The number of hydrogen-bond acceptors (Lipinski definition) is 3. The maximum absolute atomic E-state index is 10.1. The number of phenols is 1. The summed E-state index contributed by atoms with van der Waals surface area (Å²) >= 11 is 3.42. The molecule has 0 saturated heterocycles. The second-order valence-corrected chi connectivity index (χ2v) is 6.01. The van der Waals surface area contributed by atoms with E-state index < -0.39 is 0 Å². The van der Waals surface area contributed by atoms with Gasteiger partial charge in [-0.2, -0.15) is 0 Å². The molecule has 17 heavy (non-hydrogen) atoms. The molecule has 0 radical (unpaired) electrons. The minimum absolute atomic E-state index is 0.395. The van der Waals surface area contributed by atoms with Crippen molar-refractivity contribution in [2.24, 2.45) is 0 Å². The molecule has 2 aromatic heterocycles. The predicted octanol–water partition coefficient (Wildman–Crippen LogP) is 4.97. The summed E-state index contributed by atoms with van der Waals surface area (Å²) in [5.74, 6) is 0.395. The lowest BCUT2D eigenvalue weighted by atomic mass is 10.1. The van der Waals surface area contributed by atoms with Crippen LogP contribution in [0, 0.1) is 0 Å². The number of thiophene rings is 2. The quantitative estimate of drug-likeness (QED) is 0.470. The normalized spacial score (nSPS) is 11.8. The van der Waals surface area contributed by atoms with Crippen molar-refractivity contribution in [1.82, 2.24) is 0 Å². The number of hydrogen-bond donors (Lipinski definition) is 1. The fourth-order valence-corrected chi connectivity index (χ4v) is 4.62. The van der Waals surface area contributed by atoms with Crippen LogP contribution >= 0.6 is 22.7 Å². The summed E-state index contributed by atoms with van der Waals surface area (Å²) in [5.41, 5.74) is 0. The second kappa shape index (κ2) is 3.22. The van der Waals surface area contributed by atoms with Gasteiger partial charge in [0.2, 0.25) is 0 Å². The van der Waals surface area contributed by atoms with Crippen molar-refractivity contribution in [3.63, 3.8) is 0 Å². The lowest BCUT2D eigenvalue weighted by Crippen LogP contribution is -1.73. The average Bonchev–Trinajstić information content (AvgIpc) is 2.89. The summed E-state index contributed by atoms with van der Waals surface area (Å²) < 4.78 is 3.55. The Labute approximate surface area is 106 Å². The van der Waals surface area contributed by atoms with Gasteiger partial charge in [0.05, 0.1) is 9.40 Å². The number of fused-ring (bicyclic) bond motifs is 5. The molecule has 82 valence electrons. The Kier molecular flexibility index (Phi) is 1.79. The van der Waals surface area contributed by atoms with Gasteiger partial charge in [-0.25, -0.2) is 0 Å².